The Morgan fingerprint density at radius 1 is 1.13 bits per heavy atom. The van der Waals surface area contributed by atoms with Crippen LogP contribution in [0.4, 0.5) is 0 Å². The number of allylic oxidation sites excluding steroid dienone is 1. The second kappa shape index (κ2) is 8.56. The predicted octanol–water partition coefficient (Wildman–Crippen LogP) is 1.62. The zero-order valence-electron chi connectivity index (χ0n) is 18.1. The van der Waals surface area contributed by atoms with Gasteiger partial charge in [-0.05, 0) is 51.4 Å². The van der Waals surface area contributed by atoms with E-state index in [0.29, 0.717) is 32.2 Å². The Balaban J connectivity index is 1.56. The minimum absolute atomic E-state index is 0.00666. The van der Waals surface area contributed by atoms with E-state index in [9.17, 15) is 22.8 Å². The molecule has 2 aliphatic heterocycles. The highest BCUT2D eigenvalue weighted by atomic mass is 32.2. The lowest BCUT2D eigenvalue weighted by Crippen LogP contribution is -2.57. The van der Waals surface area contributed by atoms with E-state index in [2.05, 4.69) is 10.0 Å². The van der Waals surface area contributed by atoms with Crippen LogP contribution in [-0.2, 0) is 24.4 Å². The summed E-state index contributed by atoms with van der Waals surface area (Å²) in [5.41, 5.74) is -1.25. The number of carbonyl (C=O) groups excluding carboxylic acids is 3. The molecule has 2 aliphatic carbocycles. The van der Waals surface area contributed by atoms with Gasteiger partial charge in [-0.15, -0.1) is 0 Å². The third-order valence-corrected chi connectivity index (χ3v) is 8.92. The summed E-state index contributed by atoms with van der Waals surface area (Å²) in [6.45, 7) is 2.46. The van der Waals surface area contributed by atoms with E-state index in [0.717, 1.165) is 38.5 Å². The van der Waals surface area contributed by atoms with E-state index < -0.39 is 32.8 Å². The molecule has 31 heavy (non-hydrogen) atoms. The number of hydrogen-bond donors (Lipinski definition) is 2. The quantitative estimate of drug-likeness (QED) is 0.633. The first-order chi connectivity index (χ1) is 14.7. The lowest BCUT2D eigenvalue weighted by atomic mass is 10.0. The molecule has 4 rings (SSSR count). The minimum atomic E-state index is -3.70. The van der Waals surface area contributed by atoms with Gasteiger partial charge in [-0.3, -0.25) is 19.1 Å². The van der Waals surface area contributed by atoms with Crippen LogP contribution in [0.15, 0.2) is 12.2 Å². The zero-order valence-corrected chi connectivity index (χ0v) is 19.0. The van der Waals surface area contributed by atoms with Gasteiger partial charge >= 0.3 is 0 Å². The van der Waals surface area contributed by atoms with Crippen LogP contribution >= 0.6 is 0 Å². The van der Waals surface area contributed by atoms with Crippen molar-refractivity contribution < 1.29 is 22.8 Å². The van der Waals surface area contributed by atoms with E-state index in [4.69, 9.17) is 0 Å². The average Bonchev–Trinajstić information content (AvgIpc) is 3.63. The summed E-state index contributed by atoms with van der Waals surface area (Å²) in [5.74, 6) is -1.39. The lowest BCUT2D eigenvalue weighted by molar-refractivity contribution is -0.142. The van der Waals surface area contributed by atoms with Crippen LogP contribution in [0.1, 0.15) is 71.1 Å². The predicted molar refractivity (Wildman–Crippen MR) is 115 cm³/mol. The molecule has 1 saturated heterocycles. The third kappa shape index (κ3) is 4.66. The van der Waals surface area contributed by atoms with Crippen LogP contribution in [-0.4, -0.2) is 54.4 Å². The van der Waals surface area contributed by atoms with Crippen LogP contribution in [0.25, 0.3) is 0 Å². The highest BCUT2D eigenvalue weighted by Gasteiger charge is 2.61. The van der Waals surface area contributed by atoms with Crippen LogP contribution < -0.4 is 10.0 Å². The summed E-state index contributed by atoms with van der Waals surface area (Å²) in [6.07, 6.45) is 11.4. The molecule has 0 aromatic rings. The molecule has 172 valence electrons. The van der Waals surface area contributed by atoms with Crippen molar-refractivity contribution in [3.63, 3.8) is 0 Å². The first-order valence-corrected chi connectivity index (χ1v) is 13.1. The first-order valence-electron chi connectivity index (χ1n) is 11.6. The third-order valence-electron chi connectivity index (χ3n) is 7.10. The van der Waals surface area contributed by atoms with E-state index in [1.807, 2.05) is 19.1 Å². The van der Waals surface area contributed by atoms with Gasteiger partial charge in [0.25, 0.3) is 5.91 Å². The summed E-state index contributed by atoms with van der Waals surface area (Å²) in [4.78, 5) is 40.8. The standard InChI is InChI=1S/C22H33N3O5S/c1-15-8-5-3-2-4-6-9-16-14-22(16,21(28)24-31(29,30)17-11-12-17)23-19(26)18-10-7-13-25(18)20(15)27/h6,9,15-18H,2-5,7-8,10-14H2,1H3,(H,23,26)(H,24,28)/b9-6-/t15-,16+,18-,22+/m0/s1. The minimum Gasteiger partial charge on any atom is -0.339 e. The van der Waals surface area contributed by atoms with Gasteiger partial charge in [0.15, 0.2) is 0 Å². The van der Waals surface area contributed by atoms with E-state index in [1.165, 1.54) is 0 Å². The molecule has 2 N–H and O–H groups in total. The number of nitrogens with one attached hydrogen (secondary N) is 2. The molecule has 0 aromatic heterocycles. The Morgan fingerprint density at radius 2 is 1.90 bits per heavy atom. The number of fused-ring (bicyclic) bond motifs is 2. The number of sulfonamides is 1. The molecular formula is C22H33N3O5S. The highest BCUT2D eigenvalue weighted by Crippen LogP contribution is 2.46. The topological polar surface area (TPSA) is 113 Å². The first kappa shape index (κ1) is 22.3. The molecule has 0 spiro atoms. The average molecular weight is 452 g/mol. The summed E-state index contributed by atoms with van der Waals surface area (Å²) < 4.78 is 26.9. The van der Waals surface area contributed by atoms with Gasteiger partial charge in [0.2, 0.25) is 21.8 Å². The Labute approximate surface area is 184 Å². The number of amides is 3. The molecule has 3 fully saturated rings. The largest absolute Gasteiger partial charge is 0.339 e. The van der Waals surface area contributed by atoms with E-state index in [-0.39, 0.29) is 23.7 Å². The van der Waals surface area contributed by atoms with Gasteiger partial charge in [0.1, 0.15) is 11.6 Å². The molecule has 2 heterocycles. The Hall–Kier alpha value is -1.90. The summed E-state index contributed by atoms with van der Waals surface area (Å²) in [6, 6.07) is -0.602. The van der Waals surface area contributed by atoms with Gasteiger partial charge in [0, 0.05) is 18.4 Å². The van der Waals surface area contributed by atoms with Gasteiger partial charge in [0.05, 0.1) is 5.25 Å². The molecule has 3 amide bonds. The van der Waals surface area contributed by atoms with E-state index in [1.54, 1.807) is 4.90 Å². The van der Waals surface area contributed by atoms with Crippen molar-refractivity contribution in [1.29, 1.82) is 0 Å². The summed E-state index contributed by atoms with van der Waals surface area (Å²) in [7, 11) is -3.70. The molecule has 8 nitrogen and oxygen atoms in total. The Kier molecular flexibility index (Phi) is 6.16. The fourth-order valence-electron chi connectivity index (χ4n) is 4.83. The maximum atomic E-state index is 13.2. The van der Waals surface area contributed by atoms with Crippen molar-refractivity contribution in [3.05, 3.63) is 12.2 Å². The maximum absolute atomic E-state index is 13.2. The smallest absolute Gasteiger partial charge is 0.259 e. The van der Waals surface area contributed by atoms with Crippen LogP contribution in [0, 0.1) is 11.8 Å². The number of hydrogen-bond acceptors (Lipinski definition) is 5. The summed E-state index contributed by atoms with van der Waals surface area (Å²) >= 11 is 0. The van der Waals surface area contributed by atoms with Gasteiger partial charge < -0.3 is 10.2 Å². The fourth-order valence-corrected chi connectivity index (χ4v) is 6.19. The van der Waals surface area contributed by atoms with E-state index >= 15 is 0 Å². The molecule has 0 radical (unpaired) electrons. The Bertz CT molecular complexity index is 882. The van der Waals surface area contributed by atoms with Crippen molar-refractivity contribution in [2.75, 3.05) is 6.54 Å². The maximum Gasteiger partial charge on any atom is 0.259 e. The lowest BCUT2D eigenvalue weighted by Gasteiger charge is -2.28. The SMILES string of the molecule is C[C@H]1CCCCC/C=C\[C@@H]2C[C@@]2(C(=O)NS(=O)(=O)C2CC2)NC(=O)[C@@H]2CCCN2C1=O. The molecule has 0 aromatic carbocycles. The number of carbonyl (C=O) groups is 3. The summed E-state index contributed by atoms with van der Waals surface area (Å²) in [5, 5.41) is 2.35. The normalized spacial score (nSPS) is 35.8. The molecule has 4 aliphatic rings. The van der Waals surface area contributed by atoms with Crippen molar-refractivity contribution in [3.8, 4) is 0 Å². The highest BCUT2D eigenvalue weighted by molar-refractivity contribution is 7.91. The Morgan fingerprint density at radius 3 is 2.65 bits per heavy atom. The van der Waals surface area contributed by atoms with Crippen LogP contribution in [0.5, 0.6) is 0 Å². The van der Waals surface area contributed by atoms with Crippen molar-refractivity contribution in [2.45, 2.75) is 88.0 Å². The van der Waals surface area contributed by atoms with Crippen LogP contribution in [0.3, 0.4) is 0 Å². The zero-order chi connectivity index (χ0) is 22.2. The molecule has 2 saturated carbocycles. The number of nitrogens with zero attached hydrogens (tertiary/aromatic N) is 1. The van der Waals surface area contributed by atoms with Crippen molar-refractivity contribution in [1.82, 2.24) is 14.9 Å². The molecule has 4 atom stereocenters. The van der Waals surface area contributed by atoms with Crippen molar-refractivity contribution >= 4 is 27.7 Å². The molecular weight excluding hydrogens is 418 g/mol. The monoisotopic (exact) mass is 451 g/mol. The van der Waals surface area contributed by atoms with Crippen LogP contribution in [0.2, 0.25) is 0 Å². The van der Waals surface area contributed by atoms with Gasteiger partial charge in [-0.1, -0.05) is 31.9 Å². The van der Waals surface area contributed by atoms with Crippen molar-refractivity contribution in [2.24, 2.45) is 11.8 Å². The fraction of sp³-hybridized carbons (Fsp3) is 0.773. The number of rotatable bonds is 3. The molecule has 9 heteroatoms. The molecule has 0 unspecified atom stereocenters. The second-order valence-electron chi connectivity index (χ2n) is 9.60. The van der Waals surface area contributed by atoms with Gasteiger partial charge in [-0.25, -0.2) is 8.42 Å². The van der Waals surface area contributed by atoms with Gasteiger partial charge in [-0.2, -0.15) is 0 Å². The second-order valence-corrected chi connectivity index (χ2v) is 11.6. The molecule has 0 bridgehead atoms.